The van der Waals surface area contributed by atoms with Crippen molar-refractivity contribution in [2.75, 3.05) is 19.0 Å². The lowest BCUT2D eigenvalue weighted by Crippen LogP contribution is -2.27. The van der Waals surface area contributed by atoms with Crippen LogP contribution in [0, 0.1) is 17.2 Å². The molecule has 0 saturated carbocycles. The van der Waals surface area contributed by atoms with E-state index < -0.39 is 6.10 Å². The van der Waals surface area contributed by atoms with Crippen molar-refractivity contribution in [1.29, 1.82) is 5.26 Å². The summed E-state index contributed by atoms with van der Waals surface area (Å²) >= 11 is 0. The molecule has 0 amide bonds. The predicted octanol–water partition coefficient (Wildman–Crippen LogP) is 2.78. The highest BCUT2D eigenvalue weighted by atomic mass is 16.5. The molecule has 2 N–H and O–H groups in total. The van der Waals surface area contributed by atoms with Gasteiger partial charge in [0.15, 0.2) is 0 Å². The number of aliphatic hydroxyl groups excluding tert-OH is 1. The standard InChI is InChI=1S/C15H22N2O2/c1-4-11(5-2)15(18)10-17-14-8-13(19-3)7-6-12(14)9-16/h6-8,11,15,17-18H,4-5,10H2,1-3H3. The summed E-state index contributed by atoms with van der Waals surface area (Å²) < 4.78 is 5.14. The summed E-state index contributed by atoms with van der Waals surface area (Å²) in [4.78, 5) is 0. The fourth-order valence-electron chi connectivity index (χ4n) is 2.11. The minimum Gasteiger partial charge on any atom is -0.497 e. The van der Waals surface area contributed by atoms with E-state index in [9.17, 15) is 5.11 Å². The molecule has 0 radical (unpaired) electrons. The molecule has 0 fully saturated rings. The van der Waals surface area contributed by atoms with Crippen LogP contribution in [-0.2, 0) is 0 Å². The minimum absolute atomic E-state index is 0.281. The van der Waals surface area contributed by atoms with E-state index >= 15 is 0 Å². The number of rotatable bonds is 7. The second kappa shape index (κ2) is 7.65. The molecule has 0 aliphatic carbocycles. The van der Waals surface area contributed by atoms with Crippen LogP contribution >= 0.6 is 0 Å². The van der Waals surface area contributed by atoms with Crippen molar-refractivity contribution in [3.05, 3.63) is 23.8 Å². The van der Waals surface area contributed by atoms with Crippen molar-refractivity contribution in [3.8, 4) is 11.8 Å². The highest BCUT2D eigenvalue weighted by Gasteiger charge is 2.15. The van der Waals surface area contributed by atoms with Crippen LogP contribution in [-0.4, -0.2) is 24.9 Å². The number of nitrogens with zero attached hydrogens (tertiary/aromatic N) is 1. The zero-order valence-electron chi connectivity index (χ0n) is 11.8. The molecular formula is C15H22N2O2. The molecule has 1 aromatic carbocycles. The van der Waals surface area contributed by atoms with E-state index in [4.69, 9.17) is 10.00 Å². The Labute approximate surface area is 115 Å². The van der Waals surface area contributed by atoms with Crippen molar-refractivity contribution < 1.29 is 9.84 Å². The number of nitrogens with one attached hydrogen (secondary N) is 1. The highest BCUT2D eigenvalue weighted by molar-refractivity contribution is 5.60. The highest BCUT2D eigenvalue weighted by Crippen LogP contribution is 2.22. The van der Waals surface area contributed by atoms with Crippen molar-refractivity contribution in [1.82, 2.24) is 0 Å². The van der Waals surface area contributed by atoms with E-state index in [0.717, 1.165) is 12.8 Å². The van der Waals surface area contributed by atoms with Gasteiger partial charge in [0.05, 0.1) is 24.5 Å². The summed E-state index contributed by atoms with van der Waals surface area (Å²) in [6.07, 6.45) is 1.48. The van der Waals surface area contributed by atoms with Gasteiger partial charge in [-0.25, -0.2) is 0 Å². The third-order valence-corrected chi connectivity index (χ3v) is 3.44. The number of hydrogen-bond acceptors (Lipinski definition) is 4. The molecule has 0 spiro atoms. The van der Waals surface area contributed by atoms with Gasteiger partial charge in [-0.05, 0) is 18.1 Å². The molecule has 19 heavy (non-hydrogen) atoms. The van der Waals surface area contributed by atoms with Crippen molar-refractivity contribution in [3.63, 3.8) is 0 Å². The average molecular weight is 262 g/mol. The van der Waals surface area contributed by atoms with Crippen molar-refractivity contribution >= 4 is 5.69 Å². The first-order valence-electron chi connectivity index (χ1n) is 6.66. The third kappa shape index (κ3) is 4.15. The van der Waals surface area contributed by atoms with Crippen LogP contribution in [0.4, 0.5) is 5.69 Å². The number of anilines is 1. The molecule has 104 valence electrons. The fourth-order valence-corrected chi connectivity index (χ4v) is 2.11. The zero-order valence-corrected chi connectivity index (χ0v) is 11.8. The first kappa shape index (κ1) is 15.3. The van der Waals surface area contributed by atoms with Crippen LogP contribution in [0.3, 0.4) is 0 Å². The Bertz CT molecular complexity index is 436. The SMILES string of the molecule is CCC(CC)C(O)CNc1cc(OC)ccc1C#N. The molecule has 1 unspecified atom stereocenters. The molecule has 1 rings (SSSR count). The lowest BCUT2D eigenvalue weighted by molar-refractivity contribution is 0.114. The molecule has 0 aliphatic heterocycles. The fraction of sp³-hybridized carbons (Fsp3) is 0.533. The van der Waals surface area contributed by atoms with Gasteiger partial charge in [-0.15, -0.1) is 0 Å². The summed E-state index contributed by atoms with van der Waals surface area (Å²) in [6, 6.07) is 7.37. The predicted molar refractivity (Wildman–Crippen MR) is 76.3 cm³/mol. The Morgan fingerprint density at radius 3 is 2.58 bits per heavy atom. The summed E-state index contributed by atoms with van der Waals surface area (Å²) in [5.74, 6) is 0.974. The normalized spacial score (nSPS) is 12.0. The van der Waals surface area contributed by atoms with Crippen LogP contribution < -0.4 is 10.1 Å². The Morgan fingerprint density at radius 2 is 2.05 bits per heavy atom. The number of aliphatic hydroxyl groups is 1. The molecule has 0 heterocycles. The number of methoxy groups -OCH3 is 1. The lowest BCUT2D eigenvalue weighted by atomic mass is 9.96. The molecule has 0 aliphatic rings. The van der Waals surface area contributed by atoms with Crippen LogP contribution in [0.25, 0.3) is 0 Å². The average Bonchev–Trinajstić information content (AvgIpc) is 2.45. The Balaban J connectivity index is 2.74. The van der Waals surface area contributed by atoms with E-state index in [-0.39, 0.29) is 5.92 Å². The molecule has 0 bridgehead atoms. The van der Waals surface area contributed by atoms with E-state index in [1.807, 2.05) is 0 Å². The van der Waals surface area contributed by atoms with Gasteiger partial charge in [-0.2, -0.15) is 5.26 Å². The van der Waals surface area contributed by atoms with E-state index in [1.165, 1.54) is 0 Å². The van der Waals surface area contributed by atoms with E-state index in [2.05, 4.69) is 25.2 Å². The molecular weight excluding hydrogens is 240 g/mol. The summed E-state index contributed by atoms with van der Waals surface area (Å²) in [6.45, 7) is 4.58. The molecule has 1 atom stereocenters. The molecule has 0 saturated heterocycles. The minimum atomic E-state index is -0.409. The van der Waals surface area contributed by atoms with Gasteiger partial charge in [0.1, 0.15) is 11.8 Å². The quantitative estimate of drug-likeness (QED) is 0.793. The van der Waals surface area contributed by atoms with Crippen LogP contribution in [0.5, 0.6) is 5.75 Å². The molecule has 0 aromatic heterocycles. The third-order valence-electron chi connectivity index (χ3n) is 3.44. The largest absolute Gasteiger partial charge is 0.497 e. The van der Waals surface area contributed by atoms with Gasteiger partial charge in [0.2, 0.25) is 0 Å². The van der Waals surface area contributed by atoms with Gasteiger partial charge in [-0.3, -0.25) is 0 Å². The Hall–Kier alpha value is -1.73. The molecule has 4 heteroatoms. The zero-order chi connectivity index (χ0) is 14.3. The monoisotopic (exact) mass is 262 g/mol. The van der Waals surface area contributed by atoms with Crippen molar-refractivity contribution in [2.45, 2.75) is 32.8 Å². The van der Waals surface area contributed by atoms with Gasteiger partial charge in [-0.1, -0.05) is 26.7 Å². The maximum Gasteiger partial charge on any atom is 0.121 e. The lowest BCUT2D eigenvalue weighted by Gasteiger charge is -2.21. The Morgan fingerprint density at radius 1 is 1.37 bits per heavy atom. The molecule has 1 aromatic rings. The summed E-state index contributed by atoms with van der Waals surface area (Å²) in [5.41, 5.74) is 1.25. The van der Waals surface area contributed by atoms with Crippen LogP contribution in [0.15, 0.2) is 18.2 Å². The van der Waals surface area contributed by atoms with E-state index in [0.29, 0.717) is 23.5 Å². The van der Waals surface area contributed by atoms with Crippen LogP contribution in [0.2, 0.25) is 0 Å². The number of benzene rings is 1. The van der Waals surface area contributed by atoms with Gasteiger partial charge in [0, 0.05) is 12.6 Å². The first-order valence-corrected chi connectivity index (χ1v) is 6.66. The van der Waals surface area contributed by atoms with Gasteiger partial charge in [0.25, 0.3) is 0 Å². The van der Waals surface area contributed by atoms with Crippen molar-refractivity contribution in [2.24, 2.45) is 5.92 Å². The smallest absolute Gasteiger partial charge is 0.121 e. The summed E-state index contributed by atoms with van der Waals surface area (Å²) in [5, 5.41) is 22.3. The second-order valence-corrected chi connectivity index (χ2v) is 4.55. The second-order valence-electron chi connectivity index (χ2n) is 4.55. The Kier molecular flexibility index (Phi) is 6.17. The topological polar surface area (TPSA) is 65.3 Å². The first-order chi connectivity index (χ1) is 9.15. The van der Waals surface area contributed by atoms with Gasteiger partial charge >= 0.3 is 0 Å². The summed E-state index contributed by atoms with van der Waals surface area (Å²) in [7, 11) is 1.59. The van der Waals surface area contributed by atoms with Gasteiger partial charge < -0.3 is 15.2 Å². The maximum absolute atomic E-state index is 10.1. The van der Waals surface area contributed by atoms with Crippen LogP contribution in [0.1, 0.15) is 32.3 Å². The van der Waals surface area contributed by atoms with E-state index in [1.54, 1.807) is 25.3 Å². The molecule has 4 nitrogen and oxygen atoms in total. The number of nitriles is 1. The number of ether oxygens (including phenoxy) is 1. The number of hydrogen-bond donors (Lipinski definition) is 2. The maximum atomic E-state index is 10.1.